The fourth-order valence-corrected chi connectivity index (χ4v) is 3.93. The van der Waals surface area contributed by atoms with Crippen molar-refractivity contribution in [1.82, 2.24) is 10.2 Å². The third-order valence-electron chi connectivity index (χ3n) is 6.02. The van der Waals surface area contributed by atoms with E-state index in [1.807, 2.05) is 18.2 Å². The lowest BCUT2D eigenvalue weighted by Crippen LogP contribution is -2.26. The van der Waals surface area contributed by atoms with Crippen LogP contribution in [0, 0.1) is 0 Å². The van der Waals surface area contributed by atoms with Gasteiger partial charge in [0, 0.05) is 41.0 Å². The number of likely N-dealkylation sites (N-methyl/N-ethyl adjacent to an activating group) is 1. The number of hydrogen-bond donors (Lipinski definition) is 2. The van der Waals surface area contributed by atoms with Crippen molar-refractivity contribution in [2.45, 2.75) is 19.3 Å². The summed E-state index contributed by atoms with van der Waals surface area (Å²) in [6.07, 6.45) is 2.75. The molecule has 2 amide bonds. The molecule has 0 atom stereocenters. The Bertz CT molecular complexity index is 1170. The molecule has 8 heteroatoms. The summed E-state index contributed by atoms with van der Waals surface area (Å²) in [4.78, 5) is 27.0. The minimum absolute atomic E-state index is 0.129. The van der Waals surface area contributed by atoms with E-state index in [0.717, 1.165) is 49.4 Å². The van der Waals surface area contributed by atoms with Gasteiger partial charge in [-0.05, 0) is 93.0 Å². The monoisotopic (exact) mass is 523 g/mol. The topological polar surface area (TPSA) is 79.9 Å². The third-order valence-corrected chi connectivity index (χ3v) is 6.27. The summed E-state index contributed by atoms with van der Waals surface area (Å²) in [7, 11) is 5.42. The first-order valence-corrected chi connectivity index (χ1v) is 12.6. The van der Waals surface area contributed by atoms with Crippen molar-refractivity contribution < 1.29 is 19.1 Å². The highest BCUT2D eigenvalue weighted by Crippen LogP contribution is 2.25. The van der Waals surface area contributed by atoms with E-state index in [1.165, 1.54) is 0 Å². The van der Waals surface area contributed by atoms with E-state index in [4.69, 9.17) is 21.1 Å². The van der Waals surface area contributed by atoms with Gasteiger partial charge in [-0.2, -0.15) is 0 Å². The fraction of sp³-hybridized carbons (Fsp3) is 0.310. The summed E-state index contributed by atoms with van der Waals surface area (Å²) in [5, 5.41) is 6.35. The van der Waals surface area contributed by atoms with Crippen LogP contribution in [0.5, 0.6) is 11.5 Å². The van der Waals surface area contributed by atoms with Crippen LogP contribution in [-0.4, -0.2) is 57.6 Å². The highest BCUT2D eigenvalue weighted by Gasteiger charge is 2.09. The van der Waals surface area contributed by atoms with Crippen LogP contribution < -0.4 is 20.1 Å². The van der Waals surface area contributed by atoms with Crippen molar-refractivity contribution in [3.05, 3.63) is 88.4 Å². The summed E-state index contributed by atoms with van der Waals surface area (Å²) in [5.74, 6) is 1.26. The maximum atomic E-state index is 12.5. The van der Waals surface area contributed by atoms with Gasteiger partial charge in [0.05, 0.1) is 14.2 Å². The largest absolute Gasteiger partial charge is 0.497 e. The van der Waals surface area contributed by atoms with Crippen LogP contribution in [0.1, 0.15) is 39.1 Å². The lowest BCUT2D eigenvalue weighted by molar-refractivity contribution is 0.0952. The smallest absolute Gasteiger partial charge is 0.255 e. The molecule has 2 N–H and O–H groups in total. The zero-order valence-corrected chi connectivity index (χ0v) is 22.3. The van der Waals surface area contributed by atoms with Gasteiger partial charge < -0.3 is 25.0 Å². The molecule has 0 bridgehead atoms. The summed E-state index contributed by atoms with van der Waals surface area (Å²) in [6, 6.07) is 19.4. The van der Waals surface area contributed by atoms with Gasteiger partial charge in [-0.25, -0.2) is 0 Å². The fourth-order valence-electron chi connectivity index (χ4n) is 3.80. The van der Waals surface area contributed by atoms with Gasteiger partial charge in [0.2, 0.25) is 0 Å². The predicted molar refractivity (Wildman–Crippen MR) is 148 cm³/mol. The molecule has 3 rings (SSSR count). The molecule has 0 unspecified atom stereocenters. The molecule has 3 aromatic carbocycles. The van der Waals surface area contributed by atoms with E-state index in [2.05, 4.69) is 22.6 Å². The number of nitrogens with zero attached hydrogens (tertiary/aromatic N) is 1. The summed E-state index contributed by atoms with van der Waals surface area (Å²) in [5.41, 5.74) is 2.83. The summed E-state index contributed by atoms with van der Waals surface area (Å²) in [6.45, 7) is 2.46. The molecule has 0 saturated heterocycles. The zero-order valence-electron chi connectivity index (χ0n) is 21.6. The second kappa shape index (κ2) is 14.3. The van der Waals surface area contributed by atoms with Gasteiger partial charge in [0.1, 0.15) is 11.5 Å². The standard InChI is InChI=1S/C29H34ClN3O4/c1-33(19-16-21-10-15-26(36-2)20-27(21)37-3)18-5-4-17-31-28(34)22-8-13-25(14-9-22)32-29(35)23-6-11-24(30)12-7-23/h6-15,20H,4-5,16-19H2,1-3H3,(H,31,34)(H,32,35). The normalized spacial score (nSPS) is 10.7. The van der Waals surface area contributed by atoms with Crippen LogP contribution in [0.4, 0.5) is 5.69 Å². The molecule has 0 aromatic heterocycles. The van der Waals surface area contributed by atoms with E-state index in [0.29, 0.717) is 28.4 Å². The quantitative estimate of drug-likeness (QED) is 0.297. The van der Waals surface area contributed by atoms with E-state index in [9.17, 15) is 9.59 Å². The average Bonchev–Trinajstić information content (AvgIpc) is 2.92. The Morgan fingerprint density at radius 1 is 0.838 bits per heavy atom. The van der Waals surface area contributed by atoms with Crippen molar-refractivity contribution in [2.24, 2.45) is 0 Å². The van der Waals surface area contributed by atoms with Gasteiger partial charge in [-0.1, -0.05) is 17.7 Å². The second-order valence-electron chi connectivity index (χ2n) is 8.73. The van der Waals surface area contributed by atoms with Crippen molar-refractivity contribution >= 4 is 29.1 Å². The van der Waals surface area contributed by atoms with Gasteiger partial charge in [0.15, 0.2) is 0 Å². The second-order valence-corrected chi connectivity index (χ2v) is 9.17. The van der Waals surface area contributed by atoms with E-state index in [-0.39, 0.29) is 11.8 Å². The van der Waals surface area contributed by atoms with Crippen LogP contribution in [0.15, 0.2) is 66.7 Å². The highest BCUT2D eigenvalue weighted by molar-refractivity contribution is 6.30. The number of ether oxygens (including phenoxy) is 2. The highest BCUT2D eigenvalue weighted by atomic mass is 35.5. The number of methoxy groups -OCH3 is 2. The van der Waals surface area contributed by atoms with Crippen molar-refractivity contribution in [3.8, 4) is 11.5 Å². The Kier molecular flexibility index (Phi) is 10.8. The molecule has 0 radical (unpaired) electrons. The molecular weight excluding hydrogens is 490 g/mol. The Labute approximate surface area is 223 Å². The molecule has 0 aliphatic rings. The van der Waals surface area contributed by atoms with Gasteiger partial charge in [-0.15, -0.1) is 0 Å². The number of nitrogens with one attached hydrogen (secondary N) is 2. The van der Waals surface area contributed by atoms with Crippen molar-refractivity contribution in [3.63, 3.8) is 0 Å². The molecule has 0 fully saturated rings. The number of carbonyl (C=O) groups is 2. The third kappa shape index (κ3) is 8.81. The van der Waals surface area contributed by atoms with Crippen molar-refractivity contribution in [1.29, 1.82) is 0 Å². The minimum Gasteiger partial charge on any atom is -0.497 e. The first kappa shape index (κ1) is 28.0. The van der Waals surface area contributed by atoms with E-state index < -0.39 is 0 Å². The molecular formula is C29H34ClN3O4. The molecule has 196 valence electrons. The predicted octanol–water partition coefficient (Wildman–Crippen LogP) is 5.29. The molecule has 7 nitrogen and oxygen atoms in total. The number of amides is 2. The van der Waals surface area contributed by atoms with Crippen LogP contribution in [0.2, 0.25) is 5.02 Å². The first-order chi connectivity index (χ1) is 17.9. The molecule has 0 heterocycles. The van der Waals surface area contributed by atoms with Crippen LogP contribution in [0.3, 0.4) is 0 Å². The Hall–Kier alpha value is -3.55. The van der Waals surface area contributed by atoms with Gasteiger partial charge in [-0.3, -0.25) is 9.59 Å². The molecule has 0 spiro atoms. The minimum atomic E-state index is -0.234. The summed E-state index contributed by atoms with van der Waals surface area (Å²) < 4.78 is 10.7. The molecule has 0 aliphatic heterocycles. The van der Waals surface area contributed by atoms with Crippen molar-refractivity contribution in [2.75, 3.05) is 46.2 Å². The van der Waals surface area contributed by atoms with Crippen LogP contribution in [0.25, 0.3) is 0 Å². The Morgan fingerprint density at radius 2 is 1.51 bits per heavy atom. The lowest BCUT2D eigenvalue weighted by Gasteiger charge is -2.18. The number of hydrogen-bond acceptors (Lipinski definition) is 5. The number of carbonyl (C=O) groups excluding carboxylic acids is 2. The molecule has 0 aliphatic carbocycles. The first-order valence-electron chi connectivity index (χ1n) is 12.2. The summed E-state index contributed by atoms with van der Waals surface area (Å²) >= 11 is 5.86. The molecule has 37 heavy (non-hydrogen) atoms. The van der Waals surface area contributed by atoms with E-state index in [1.54, 1.807) is 62.8 Å². The number of unbranched alkanes of at least 4 members (excludes halogenated alkanes) is 1. The number of benzene rings is 3. The Morgan fingerprint density at radius 3 is 2.19 bits per heavy atom. The van der Waals surface area contributed by atoms with Gasteiger partial charge in [0.25, 0.3) is 11.8 Å². The molecule has 0 saturated carbocycles. The number of anilines is 1. The SMILES string of the molecule is COc1ccc(CCN(C)CCCCNC(=O)c2ccc(NC(=O)c3ccc(Cl)cc3)cc2)c(OC)c1. The van der Waals surface area contributed by atoms with Crippen LogP contribution in [-0.2, 0) is 6.42 Å². The maximum Gasteiger partial charge on any atom is 0.255 e. The lowest BCUT2D eigenvalue weighted by atomic mass is 10.1. The van der Waals surface area contributed by atoms with E-state index >= 15 is 0 Å². The molecule has 3 aromatic rings. The number of rotatable bonds is 13. The maximum absolute atomic E-state index is 12.5. The van der Waals surface area contributed by atoms with Gasteiger partial charge >= 0.3 is 0 Å². The zero-order chi connectivity index (χ0) is 26.6. The van der Waals surface area contributed by atoms with Crippen LogP contribution >= 0.6 is 11.6 Å². The average molecular weight is 524 g/mol. The number of halogens is 1. The Balaban J connectivity index is 1.34.